The van der Waals surface area contributed by atoms with Crippen LogP contribution in [0.3, 0.4) is 0 Å². The first kappa shape index (κ1) is 16.9. The third kappa shape index (κ3) is 3.59. The molecule has 0 aromatic heterocycles. The molecule has 124 valence electrons. The Morgan fingerprint density at radius 3 is 2.42 bits per heavy atom. The zero-order valence-electron chi connectivity index (χ0n) is 13.6. The SMILES string of the molecule is CCCCCc1ccc2cc(-c3ccc(F)c(F)c3)c(Cl)cc2c1. The third-order valence-electron chi connectivity index (χ3n) is 4.29. The van der Waals surface area contributed by atoms with Crippen molar-refractivity contribution in [2.75, 3.05) is 0 Å². The number of rotatable bonds is 5. The van der Waals surface area contributed by atoms with Gasteiger partial charge in [-0.2, -0.15) is 0 Å². The molecule has 0 nitrogen and oxygen atoms in total. The molecule has 0 heterocycles. The largest absolute Gasteiger partial charge is 0.204 e. The van der Waals surface area contributed by atoms with E-state index in [1.165, 1.54) is 30.9 Å². The lowest BCUT2D eigenvalue weighted by atomic mass is 9.98. The van der Waals surface area contributed by atoms with E-state index < -0.39 is 11.6 Å². The Morgan fingerprint density at radius 2 is 1.67 bits per heavy atom. The molecule has 24 heavy (non-hydrogen) atoms. The van der Waals surface area contributed by atoms with E-state index in [1.807, 2.05) is 12.1 Å². The van der Waals surface area contributed by atoms with Crippen molar-refractivity contribution >= 4 is 22.4 Å². The number of fused-ring (bicyclic) bond motifs is 1. The highest BCUT2D eigenvalue weighted by atomic mass is 35.5. The van der Waals surface area contributed by atoms with Gasteiger partial charge < -0.3 is 0 Å². The Bertz CT molecular complexity index is 871. The van der Waals surface area contributed by atoms with Crippen molar-refractivity contribution in [2.24, 2.45) is 0 Å². The van der Waals surface area contributed by atoms with Gasteiger partial charge in [0.05, 0.1) is 0 Å². The molecular formula is C21H19ClF2. The average molecular weight is 345 g/mol. The van der Waals surface area contributed by atoms with E-state index in [0.717, 1.165) is 23.3 Å². The fourth-order valence-electron chi connectivity index (χ4n) is 2.94. The summed E-state index contributed by atoms with van der Waals surface area (Å²) in [5, 5.41) is 2.65. The van der Waals surface area contributed by atoms with E-state index in [-0.39, 0.29) is 0 Å². The van der Waals surface area contributed by atoms with Gasteiger partial charge in [0.2, 0.25) is 0 Å². The van der Waals surface area contributed by atoms with E-state index in [4.69, 9.17) is 11.6 Å². The summed E-state index contributed by atoms with van der Waals surface area (Å²) in [6.07, 6.45) is 4.68. The van der Waals surface area contributed by atoms with E-state index in [0.29, 0.717) is 16.1 Å². The Morgan fingerprint density at radius 1 is 0.833 bits per heavy atom. The van der Waals surface area contributed by atoms with Crippen LogP contribution in [-0.4, -0.2) is 0 Å². The summed E-state index contributed by atoms with van der Waals surface area (Å²) in [7, 11) is 0. The maximum atomic E-state index is 13.5. The smallest absolute Gasteiger partial charge is 0.159 e. The van der Waals surface area contributed by atoms with Crippen molar-refractivity contribution in [2.45, 2.75) is 32.6 Å². The molecule has 0 bridgehead atoms. The van der Waals surface area contributed by atoms with Gasteiger partial charge >= 0.3 is 0 Å². The highest BCUT2D eigenvalue weighted by molar-refractivity contribution is 6.34. The van der Waals surface area contributed by atoms with Crippen LogP contribution in [0.25, 0.3) is 21.9 Å². The normalized spacial score (nSPS) is 11.2. The summed E-state index contributed by atoms with van der Waals surface area (Å²) >= 11 is 6.39. The second-order valence-electron chi connectivity index (χ2n) is 6.10. The maximum Gasteiger partial charge on any atom is 0.159 e. The van der Waals surface area contributed by atoms with Crippen LogP contribution in [0.15, 0.2) is 48.5 Å². The fraction of sp³-hybridized carbons (Fsp3) is 0.238. The molecule has 0 saturated heterocycles. The molecule has 0 unspecified atom stereocenters. The average Bonchev–Trinajstić information content (AvgIpc) is 2.57. The van der Waals surface area contributed by atoms with Gasteiger partial charge in [-0.05, 0) is 59.0 Å². The van der Waals surface area contributed by atoms with Crippen LogP contribution in [0.5, 0.6) is 0 Å². The molecule has 0 saturated carbocycles. The van der Waals surface area contributed by atoms with Gasteiger partial charge in [-0.3, -0.25) is 0 Å². The summed E-state index contributed by atoms with van der Waals surface area (Å²) in [6.45, 7) is 2.19. The molecule has 3 aromatic rings. The molecule has 0 aliphatic heterocycles. The number of hydrogen-bond donors (Lipinski definition) is 0. The van der Waals surface area contributed by atoms with Crippen LogP contribution in [0.4, 0.5) is 8.78 Å². The van der Waals surface area contributed by atoms with Crippen LogP contribution >= 0.6 is 11.6 Å². The van der Waals surface area contributed by atoms with Gasteiger partial charge in [0.25, 0.3) is 0 Å². The molecule has 3 heteroatoms. The number of unbranched alkanes of at least 4 members (excludes halogenated alkanes) is 2. The standard InChI is InChI=1S/C21H19ClF2/c1-2-3-4-5-14-6-7-15-11-18(19(22)12-17(15)10-14)16-8-9-20(23)21(24)13-16/h6-13H,2-5H2,1H3. The first-order chi connectivity index (χ1) is 11.6. The monoisotopic (exact) mass is 344 g/mol. The zero-order valence-corrected chi connectivity index (χ0v) is 14.3. The number of hydrogen-bond acceptors (Lipinski definition) is 0. The summed E-state index contributed by atoms with van der Waals surface area (Å²) in [4.78, 5) is 0. The van der Waals surface area contributed by atoms with Crippen LogP contribution in [0.2, 0.25) is 5.02 Å². The van der Waals surface area contributed by atoms with Crippen molar-refractivity contribution in [3.05, 3.63) is 70.8 Å². The van der Waals surface area contributed by atoms with Crippen molar-refractivity contribution in [1.82, 2.24) is 0 Å². The molecule has 0 N–H and O–H groups in total. The van der Waals surface area contributed by atoms with E-state index >= 15 is 0 Å². The predicted molar refractivity (Wildman–Crippen MR) is 97.5 cm³/mol. The van der Waals surface area contributed by atoms with E-state index in [1.54, 1.807) is 6.07 Å². The molecule has 0 spiro atoms. The predicted octanol–water partition coefficient (Wildman–Crippen LogP) is 7.17. The van der Waals surface area contributed by atoms with Crippen molar-refractivity contribution in [3.8, 4) is 11.1 Å². The second kappa shape index (κ2) is 7.31. The van der Waals surface area contributed by atoms with Gasteiger partial charge in [-0.1, -0.05) is 55.6 Å². The topological polar surface area (TPSA) is 0 Å². The molecule has 3 rings (SSSR count). The highest BCUT2D eigenvalue weighted by Crippen LogP contribution is 2.33. The quantitative estimate of drug-likeness (QED) is 0.430. The van der Waals surface area contributed by atoms with Gasteiger partial charge in [0.15, 0.2) is 11.6 Å². The second-order valence-corrected chi connectivity index (χ2v) is 6.51. The van der Waals surface area contributed by atoms with Crippen LogP contribution in [0.1, 0.15) is 31.7 Å². The van der Waals surface area contributed by atoms with Crippen LogP contribution in [-0.2, 0) is 6.42 Å². The fourth-order valence-corrected chi connectivity index (χ4v) is 3.22. The van der Waals surface area contributed by atoms with Crippen LogP contribution < -0.4 is 0 Å². The Balaban J connectivity index is 1.98. The summed E-state index contributed by atoms with van der Waals surface area (Å²) in [6, 6.07) is 14.0. The molecule has 0 aliphatic rings. The Labute approximate surface area is 146 Å². The molecular weight excluding hydrogens is 326 g/mol. The van der Waals surface area contributed by atoms with Crippen molar-refractivity contribution in [3.63, 3.8) is 0 Å². The Kier molecular flexibility index (Phi) is 5.15. The lowest BCUT2D eigenvalue weighted by Crippen LogP contribution is -1.89. The minimum absolute atomic E-state index is 0.541. The Hall–Kier alpha value is -1.93. The summed E-state index contributed by atoms with van der Waals surface area (Å²) < 4.78 is 26.6. The van der Waals surface area contributed by atoms with Crippen molar-refractivity contribution < 1.29 is 8.78 Å². The maximum absolute atomic E-state index is 13.5. The van der Waals surface area contributed by atoms with Gasteiger partial charge in [-0.25, -0.2) is 8.78 Å². The van der Waals surface area contributed by atoms with Gasteiger partial charge in [0.1, 0.15) is 0 Å². The molecule has 0 aliphatic carbocycles. The molecule has 0 amide bonds. The lowest BCUT2D eigenvalue weighted by molar-refractivity contribution is 0.509. The molecule has 3 aromatic carbocycles. The first-order valence-corrected chi connectivity index (χ1v) is 8.64. The van der Waals surface area contributed by atoms with Gasteiger partial charge in [-0.15, -0.1) is 0 Å². The summed E-state index contributed by atoms with van der Waals surface area (Å²) in [5.41, 5.74) is 2.59. The number of halogens is 3. The molecule has 0 radical (unpaired) electrons. The van der Waals surface area contributed by atoms with E-state index in [2.05, 4.69) is 25.1 Å². The minimum atomic E-state index is -0.866. The zero-order chi connectivity index (χ0) is 17.1. The van der Waals surface area contributed by atoms with Crippen LogP contribution in [0, 0.1) is 11.6 Å². The molecule has 0 fully saturated rings. The highest BCUT2D eigenvalue weighted by Gasteiger charge is 2.09. The number of aryl methyl sites for hydroxylation is 1. The third-order valence-corrected chi connectivity index (χ3v) is 4.60. The van der Waals surface area contributed by atoms with E-state index in [9.17, 15) is 8.78 Å². The minimum Gasteiger partial charge on any atom is -0.204 e. The summed E-state index contributed by atoms with van der Waals surface area (Å²) in [5.74, 6) is -1.72. The number of benzene rings is 3. The van der Waals surface area contributed by atoms with Crippen molar-refractivity contribution in [1.29, 1.82) is 0 Å². The molecule has 0 atom stereocenters. The van der Waals surface area contributed by atoms with Gasteiger partial charge in [0, 0.05) is 10.6 Å². The lowest BCUT2D eigenvalue weighted by Gasteiger charge is -2.09. The first-order valence-electron chi connectivity index (χ1n) is 8.26.